The number of halogens is 1. The van der Waals surface area contributed by atoms with E-state index in [0.29, 0.717) is 37.0 Å². The van der Waals surface area contributed by atoms with Crippen LogP contribution < -0.4 is 10.5 Å². The van der Waals surface area contributed by atoms with Crippen molar-refractivity contribution in [3.63, 3.8) is 0 Å². The van der Waals surface area contributed by atoms with Gasteiger partial charge in [-0.3, -0.25) is 14.6 Å². The van der Waals surface area contributed by atoms with Gasteiger partial charge < -0.3 is 19.9 Å². The Bertz CT molecular complexity index is 1360. The van der Waals surface area contributed by atoms with E-state index in [9.17, 15) is 9.59 Å². The van der Waals surface area contributed by atoms with E-state index in [1.807, 2.05) is 30.3 Å². The minimum absolute atomic E-state index is 0. The molecule has 0 amide bonds. The first-order chi connectivity index (χ1) is 21.7. The number of anilines is 1. The highest BCUT2D eigenvalue weighted by Gasteiger charge is 2.22. The zero-order valence-electron chi connectivity index (χ0n) is 27.4. The van der Waals surface area contributed by atoms with E-state index in [2.05, 4.69) is 57.8 Å². The third-order valence-corrected chi connectivity index (χ3v) is 8.83. The fourth-order valence-corrected chi connectivity index (χ4v) is 6.20. The average molecular weight is 701 g/mol. The molecule has 0 heterocycles. The molecule has 1 aliphatic rings. The summed E-state index contributed by atoms with van der Waals surface area (Å²) in [6, 6.07) is 18.5. The third-order valence-electron chi connectivity index (χ3n) is 8.17. The lowest BCUT2D eigenvalue weighted by molar-refractivity contribution is -0.141. The summed E-state index contributed by atoms with van der Waals surface area (Å²) >= 11 is 3.52. The van der Waals surface area contributed by atoms with Crippen LogP contribution in [0.25, 0.3) is 10.8 Å². The van der Waals surface area contributed by atoms with Gasteiger partial charge in [0.1, 0.15) is 19.0 Å². The van der Waals surface area contributed by atoms with Gasteiger partial charge in [-0.05, 0) is 88.9 Å². The fourth-order valence-electron chi connectivity index (χ4n) is 5.70. The predicted octanol–water partition coefficient (Wildman–Crippen LogP) is 8.10. The van der Waals surface area contributed by atoms with Crippen LogP contribution in [0.4, 0.5) is 5.69 Å². The molecule has 9 heteroatoms. The number of hydrogen-bond donors (Lipinski definition) is 1. The number of benzene rings is 3. The van der Waals surface area contributed by atoms with Crippen molar-refractivity contribution >= 4 is 44.3 Å². The van der Waals surface area contributed by atoms with E-state index in [0.717, 1.165) is 41.8 Å². The topological polar surface area (TPSA) is 94.3 Å². The molecular formula is C37H54BrN3O5. The summed E-state index contributed by atoms with van der Waals surface area (Å²) in [5.41, 5.74) is 8.50. The zero-order chi connectivity index (χ0) is 32.6. The number of hydrogen-bond acceptors (Lipinski definition) is 8. The summed E-state index contributed by atoms with van der Waals surface area (Å²) in [4.78, 5) is 28.3. The lowest BCUT2D eigenvalue weighted by atomic mass is 9.93. The number of ether oxygens (including phenoxy) is 3. The van der Waals surface area contributed by atoms with Crippen molar-refractivity contribution in [2.24, 2.45) is 0 Å². The smallest absolute Gasteiger partial charge is 0.338 e. The van der Waals surface area contributed by atoms with E-state index in [-0.39, 0.29) is 26.0 Å². The van der Waals surface area contributed by atoms with Crippen LogP contribution in [-0.4, -0.2) is 74.3 Å². The molecule has 1 fully saturated rings. The number of esters is 2. The molecule has 0 saturated heterocycles. The second kappa shape index (κ2) is 20.9. The van der Waals surface area contributed by atoms with Gasteiger partial charge in [0.2, 0.25) is 0 Å². The summed E-state index contributed by atoms with van der Waals surface area (Å²) < 4.78 is 16.4. The summed E-state index contributed by atoms with van der Waals surface area (Å²) in [5.74, 6) is 0.274. The molecule has 0 spiro atoms. The molecular weight excluding hydrogens is 646 g/mol. The number of carbonyl (C=O) groups excluding carboxylic acids is 2. The summed E-state index contributed by atoms with van der Waals surface area (Å²) in [6.45, 7) is 10.0. The van der Waals surface area contributed by atoms with E-state index in [1.54, 1.807) is 13.2 Å². The lowest BCUT2D eigenvalue weighted by Crippen LogP contribution is -2.36. The Balaban J connectivity index is 0.000000470. The van der Waals surface area contributed by atoms with Crippen molar-refractivity contribution in [1.82, 2.24) is 9.80 Å². The Morgan fingerprint density at radius 2 is 1.59 bits per heavy atom. The van der Waals surface area contributed by atoms with Crippen molar-refractivity contribution in [1.29, 1.82) is 0 Å². The predicted molar refractivity (Wildman–Crippen MR) is 192 cm³/mol. The van der Waals surface area contributed by atoms with Gasteiger partial charge in [-0.25, -0.2) is 4.79 Å². The molecule has 2 N–H and O–H groups in total. The normalized spacial score (nSPS) is 13.1. The zero-order valence-corrected chi connectivity index (χ0v) is 28.9. The molecule has 0 atom stereocenters. The quantitative estimate of drug-likeness (QED) is 0.133. The molecule has 46 heavy (non-hydrogen) atoms. The van der Waals surface area contributed by atoms with Crippen LogP contribution in [0.3, 0.4) is 0 Å². The molecule has 0 aliphatic heterocycles. The first kappa shape index (κ1) is 39.0. The summed E-state index contributed by atoms with van der Waals surface area (Å²) in [7, 11) is 1.68. The van der Waals surface area contributed by atoms with Gasteiger partial charge in [0.05, 0.1) is 18.4 Å². The maximum atomic E-state index is 12.8. The largest absolute Gasteiger partial charge is 0.497 e. The monoisotopic (exact) mass is 699 g/mol. The molecule has 0 bridgehead atoms. The Hall–Kier alpha value is -3.14. The van der Waals surface area contributed by atoms with Crippen molar-refractivity contribution < 1.29 is 23.8 Å². The maximum Gasteiger partial charge on any atom is 0.338 e. The van der Waals surface area contributed by atoms with Gasteiger partial charge in [0.15, 0.2) is 0 Å². The van der Waals surface area contributed by atoms with Crippen LogP contribution in [0.5, 0.6) is 5.75 Å². The SMILES string of the molecule is C.CCCN(CCOC(C)=O)CCOC(=O)c1cc(Br)c(N)c(CN(CC)C2CCCCC2)c1.COc1ccc2ccccc2c1. The van der Waals surface area contributed by atoms with Crippen LogP contribution in [0, 0.1) is 0 Å². The molecule has 254 valence electrons. The van der Waals surface area contributed by atoms with E-state index in [4.69, 9.17) is 19.9 Å². The second-order valence-electron chi connectivity index (χ2n) is 11.4. The molecule has 4 rings (SSSR count). The molecule has 0 aromatic heterocycles. The molecule has 8 nitrogen and oxygen atoms in total. The van der Waals surface area contributed by atoms with Gasteiger partial charge in [-0.15, -0.1) is 0 Å². The Morgan fingerprint density at radius 3 is 2.22 bits per heavy atom. The van der Waals surface area contributed by atoms with Crippen molar-refractivity contribution in [2.75, 3.05) is 52.2 Å². The van der Waals surface area contributed by atoms with Crippen molar-refractivity contribution in [3.8, 4) is 5.75 Å². The first-order valence-electron chi connectivity index (χ1n) is 16.1. The van der Waals surface area contributed by atoms with Crippen LogP contribution in [-0.2, 0) is 20.8 Å². The molecule has 0 radical (unpaired) electrons. The molecule has 3 aromatic rings. The number of rotatable bonds is 14. The fraction of sp³-hybridized carbons (Fsp3) is 0.514. The van der Waals surface area contributed by atoms with Crippen LogP contribution in [0.1, 0.15) is 82.6 Å². The van der Waals surface area contributed by atoms with Gasteiger partial charge in [0.25, 0.3) is 0 Å². The highest BCUT2D eigenvalue weighted by Crippen LogP contribution is 2.30. The number of methoxy groups -OCH3 is 1. The van der Waals surface area contributed by atoms with Crippen molar-refractivity contribution in [2.45, 2.75) is 79.3 Å². The number of carbonyl (C=O) groups is 2. The highest BCUT2D eigenvalue weighted by molar-refractivity contribution is 9.10. The van der Waals surface area contributed by atoms with Gasteiger partial charge >= 0.3 is 11.9 Å². The second-order valence-corrected chi connectivity index (χ2v) is 12.3. The maximum absolute atomic E-state index is 12.8. The highest BCUT2D eigenvalue weighted by atomic mass is 79.9. The number of nitrogen functional groups attached to an aromatic ring is 1. The Morgan fingerprint density at radius 1 is 0.913 bits per heavy atom. The van der Waals surface area contributed by atoms with Crippen LogP contribution in [0.15, 0.2) is 59.1 Å². The van der Waals surface area contributed by atoms with E-state index in [1.165, 1.54) is 49.8 Å². The summed E-state index contributed by atoms with van der Waals surface area (Å²) in [5, 5.41) is 2.47. The van der Waals surface area contributed by atoms with E-state index < -0.39 is 0 Å². The Kier molecular flexibility index (Phi) is 17.7. The Labute approximate surface area is 284 Å². The molecule has 3 aromatic carbocycles. The minimum Gasteiger partial charge on any atom is -0.497 e. The average Bonchev–Trinajstić information content (AvgIpc) is 3.05. The molecule has 1 aliphatic carbocycles. The van der Waals surface area contributed by atoms with Crippen molar-refractivity contribution in [3.05, 3.63) is 70.2 Å². The van der Waals surface area contributed by atoms with Crippen LogP contribution >= 0.6 is 15.9 Å². The third kappa shape index (κ3) is 12.6. The van der Waals surface area contributed by atoms with Gasteiger partial charge in [-0.2, -0.15) is 0 Å². The molecule has 1 saturated carbocycles. The first-order valence-corrected chi connectivity index (χ1v) is 16.9. The van der Waals surface area contributed by atoms with Gasteiger partial charge in [0, 0.05) is 37.1 Å². The van der Waals surface area contributed by atoms with E-state index >= 15 is 0 Å². The lowest BCUT2D eigenvalue weighted by Gasteiger charge is -2.34. The number of nitrogens with zero attached hydrogens (tertiary/aromatic N) is 2. The number of nitrogens with two attached hydrogens (primary N) is 1. The van der Waals surface area contributed by atoms with Gasteiger partial charge in [-0.1, -0.05) is 70.9 Å². The standard InChI is InChI=1S/C25H40BrN3O4.C11H10O.CH4/c1-4-11-28(12-14-32-19(3)30)13-15-33-25(31)20-16-21(24(27)23(26)17-20)18-29(5-2)22-9-7-6-8-10-22;1-12-11-7-6-9-4-2-3-5-10(9)8-11;/h16-17,22H,4-15,18,27H2,1-3H3;2-8H,1H3;1H4. The minimum atomic E-state index is -0.353. The van der Waals surface area contributed by atoms with Crippen LogP contribution in [0.2, 0.25) is 0 Å². The molecule has 0 unspecified atom stereocenters. The summed E-state index contributed by atoms with van der Waals surface area (Å²) in [6.07, 6.45) is 7.30. The number of fused-ring (bicyclic) bond motifs is 1.